The molecule has 8 N–H and O–H groups in total. The van der Waals surface area contributed by atoms with Crippen molar-refractivity contribution in [2.24, 2.45) is 22.9 Å². The molecule has 0 fully saturated rings. The van der Waals surface area contributed by atoms with E-state index in [1.54, 1.807) is 0 Å². The summed E-state index contributed by atoms with van der Waals surface area (Å²) in [5, 5.41) is 6.25. The van der Waals surface area contributed by atoms with Crippen molar-refractivity contribution in [3.8, 4) is 0 Å². The van der Waals surface area contributed by atoms with Crippen molar-refractivity contribution >= 4 is 0 Å². The predicted octanol–water partition coefficient (Wildman–Crippen LogP) is -2.10. The van der Waals surface area contributed by atoms with Crippen molar-refractivity contribution in [3.63, 3.8) is 0 Å². The second kappa shape index (κ2) is 61.7. The summed E-state index contributed by atoms with van der Waals surface area (Å²) < 4.78 is 0. The number of hydrogen-bond acceptors (Lipinski definition) is 5. The van der Waals surface area contributed by atoms with Crippen LogP contribution in [0.15, 0.2) is 0 Å². The second-order valence-corrected chi connectivity index (χ2v) is 1.15. The summed E-state index contributed by atoms with van der Waals surface area (Å²) in [4.78, 5) is 0. The minimum Gasteiger partial charge on any atom is -0.512 e. The molecule has 0 aromatic heterocycles. The predicted molar refractivity (Wildman–Crippen MR) is 41.2 cm³/mol. The van der Waals surface area contributed by atoms with E-state index in [1.165, 1.54) is 0 Å². The van der Waals surface area contributed by atoms with Crippen LogP contribution in [0.2, 0.25) is 0 Å². The van der Waals surface area contributed by atoms with E-state index in [2.05, 4.69) is 0 Å². The van der Waals surface area contributed by atoms with E-state index in [-0.39, 0.29) is 39.4 Å². The van der Waals surface area contributed by atoms with Crippen molar-refractivity contribution in [1.82, 2.24) is 0 Å². The standard InChI is InChI=1S/2C2H8N2.CN.Au.Cu/c2*3-1-2-4;1-2;;/h2*1-4H2;;;/q;;-1;2*+1. The summed E-state index contributed by atoms with van der Waals surface area (Å²) in [5.74, 6) is 0. The number of rotatable bonds is 2. The van der Waals surface area contributed by atoms with Crippen LogP contribution in [-0.2, 0) is 39.4 Å². The van der Waals surface area contributed by atoms with Gasteiger partial charge in [-0.15, -0.1) is 0 Å². The Morgan fingerprint density at radius 1 is 0.750 bits per heavy atom. The van der Waals surface area contributed by atoms with Gasteiger partial charge in [0.1, 0.15) is 0 Å². The molecule has 0 saturated heterocycles. The Bertz CT molecular complexity index is 46.3. The van der Waals surface area contributed by atoms with Crippen molar-refractivity contribution in [3.05, 3.63) is 6.57 Å². The molecular weight excluding hydrogens is 391 g/mol. The zero-order valence-electron chi connectivity index (χ0n) is 6.69. The Kier molecular flexibility index (Phi) is 151. The molecule has 82 valence electrons. The molecule has 0 aliphatic heterocycles. The van der Waals surface area contributed by atoms with E-state index in [4.69, 9.17) is 34.8 Å². The zero-order chi connectivity index (χ0) is 8.83. The molecule has 0 radical (unpaired) electrons. The average molecular weight is 407 g/mol. The van der Waals surface area contributed by atoms with Crippen LogP contribution in [0.1, 0.15) is 0 Å². The average Bonchev–Trinajstić information content (AvgIpc) is 2.08. The first-order valence-electron chi connectivity index (χ1n) is 2.86. The molecule has 0 aliphatic carbocycles. The summed E-state index contributed by atoms with van der Waals surface area (Å²) in [6.07, 6.45) is 0. The van der Waals surface area contributed by atoms with Crippen LogP contribution in [0.4, 0.5) is 0 Å². The van der Waals surface area contributed by atoms with E-state index in [9.17, 15) is 0 Å². The smallest absolute Gasteiger partial charge is 0.512 e. The Balaban J connectivity index is -0.0000000198. The normalized spacial score (nSPS) is 5.17. The first kappa shape index (κ1) is 29.4. The second-order valence-electron chi connectivity index (χ2n) is 1.15. The van der Waals surface area contributed by atoms with E-state index in [1.807, 2.05) is 0 Å². The maximum atomic E-state index is 6.25. The van der Waals surface area contributed by atoms with Gasteiger partial charge in [-0.05, 0) is 0 Å². The molecule has 7 heteroatoms. The maximum absolute atomic E-state index is 6.25. The van der Waals surface area contributed by atoms with Crippen LogP contribution < -0.4 is 22.9 Å². The topological polar surface area (TPSA) is 128 Å². The third-order valence-corrected chi connectivity index (χ3v) is 0.333. The van der Waals surface area contributed by atoms with Gasteiger partial charge in [-0.3, -0.25) is 0 Å². The minimum atomic E-state index is 0. The van der Waals surface area contributed by atoms with E-state index in [0.29, 0.717) is 26.2 Å². The van der Waals surface area contributed by atoms with Crippen LogP contribution in [0, 0.1) is 11.8 Å². The molecule has 0 spiro atoms. The quantitative estimate of drug-likeness (QED) is 0.308. The number of nitrogens with zero attached hydrogens (tertiary/aromatic N) is 1. The Morgan fingerprint density at radius 3 is 0.833 bits per heavy atom. The molecule has 0 unspecified atom stereocenters. The van der Waals surface area contributed by atoms with Crippen LogP contribution in [0.3, 0.4) is 0 Å². The Labute approximate surface area is 100 Å². The van der Waals surface area contributed by atoms with Gasteiger partial charge in [0.2, 0.25) is 0 Å². The number of nitrogens with two attached hydrogens (primary N) is 4. The fourth-order valence-electron chi connectivity index (χ4n) is 0. The van der Waals surface area contributed by atoms with Crippen molar-refractivity contribution in [2.45, 2.75) is 0 Å². The Hall–Kier alpha value is 0.590. The molecular formula is C5H16AuCuN5+. The van der Waals surface area contributed by atoms with Crippen molar-refractivity contribution in [2.75, 3.05) is 26.2 Å². The maximum Gasteiger partial charge on any atom is 1.00 e. The first-order valence-corrected chi connectivity index (χ1v) is 2.86. The van der Waals surface area contributed by atoms with Gasteiger partial charge in [-0.25, -0.2) is 0 Å². The molecule has 0 atom stereocenters. The largest absolute Gasteiger partial charge is 1.00 e. The van der Waals surface area contributed by atoms with Gasteiger partial charge < -0.3 is 34.8 Å². The van der Waals surface area contributed by atoms with E-state index < -0.39 is 0 Å². The van der Waals surface area contributed by atoms with Crippen molar-refractivity contribution in [1.29, 1.82) is 5.26 Å². The van der Waals surface area contributed by atoms with E-state index in [0.717, 1.165) is 0 Å². The molecule has 0 aromatic rings. The van der Waals surface area contributed by atoms with Gasteiger partial charge in [0.05, 0.1) is 0 Å². The van der Waals surface area contributed by atoms with Gasteiger partial charge in [-0.1, -0.05) is 0 Å². The minimum absolute atomic E-state index is 0. The summed E-state index contributed by atoms with van der Waals surface area (Å²) in [7, 11) is 0. The van der Waals surface area contributed by atoms with E-state index >= 15 is 0 Å². The fraction of sp³-hybridized carbons (Fsp3) is 0.800. The molecule has 0 amide bonds. The molecule has 0 aliphatic rings. The van der Waals surface area contributed by atoms with Gasteiger partial charge in [0.15, 0.2) is 0 Å². The molecule has 12 heavy (non-hydrogen) atoms. The Morgan fingerprint density at radius 2 is 0.833 bits per heavy atom. The summed E-state index contributed by atoms with van der Waals surface area (Å²) >= 11 is 0. The molecule has 0 heterocycles. The fourth-order valence-corrected chi connectivity index (χ4v) is 0. The van der Waals surface area contributed by atoms with Crippen LogP contribution >= 0.6 is 0 Å². The monoisotopic (exact) mass is 406 g/mol. The molecule has 0 aromatic carbocycles. The molecule has 0 bridgehead atoms. The van der Waals surface area contributed by atoms with Gasteiger partial charge in [-0.2, -0.15) is 0 Å². The molecule has 0 rings (SSSR count). The van der Waals surface area contributed by atoms with Gasteiger partial charge in [0, 0.05) is 26.2 Å². The van der Waals surface area contributed by atoms with Gasteiger partial charge >= 0.3 is 39.4 Å². The molecule has 5 nitrogen and oxygen atoms in total. The first-order chi connectivity index (χ1) is 4.83. The summed E-state index contributed by atoms with van der Waals surface area (Å²) in [6, 6.07) is 0. The van der Waals surface area contributed by atoms with Gasteiger partial charge in [0.25, 0.3) is 0 Å². The number of hydrogen-bond donors (Lipinski definition) is 4. The van der Waals surface area contributed by atoms with Crippen molar-refractivity contribution < 1.29 is 39.4 Å². The summed E-state index contributed by atoms with van der Waals surface area (Å²) in [6.45, 7) is 7.14. The van der Waals surface area contributed by atoms with Crippen LogP contribution in [-0.4, -0.2) is 26.2 Å². The third kappa shape index (κ3) is 145. The SMILES string of the molecule is NCCN.NCCN.[Au+].[C-]#N.[Cu+]. The third-order valence-electron chi connectivity index (χ3n) is 0.333. The van der Waals surface area contributed by atoms with Crippen LogP contribution in [0.25, 0.3) is 0 Å². The van der Waals surface area contributed by atoms with Crippen LogP contribution in [0.5, 0.6) is 0 Å². The molecule has 0 saturated carbocycles. The zero-order valence-corrected chi connectivity index (χ0v) is 9.80. The summed E-state index contributed by atoms with van der Waals surface area (Å²) in [5.41, 5.74) is 19.6.